The fraction of sp³-hybridized carbons (Fsp3) is 0.435. The minimum absolute atomic E-state index is 0. The molecule has 4 rings (SSSR count). The second-order valence-electron chi connectivity index (χ2n) is 7.84. The lowest BCUT2D eigenvalue weighted by molar-refractivity contribution is 0.0700. The lowest BCUT2D eigenvalue weighted by Crippen LogP contribution is -2.45. The molecule has 1 heterocycles. The van der Waals surface area contributed by atoms with Crippen molar-refractivity contribution in [3.63, 3.8) is 0 Å². The Morgan fingerprint density at radius 2 is 1.72 bits per heavy atom. The molecule has 1 N–H and O–H groups in total. The SMILES string of the molecule is COc1ccc(-c2ccc(C(=O)N3CCC(NCC4CC4)CC3)c(F)c2)cc1.Cl. The summed E-state index contributed by atoms with van der Waals surface area (Å²) in [5, 5.41) is 3.61. The van der Waals surface area contributed by atoms with Crippen molar-refractivity contribution in [2.24, 2.45) is 5.92 Å². The number of nitrogens with one attached hydrogen (secondary N) is 1. The number of piperidine rings is 1. The highest BCUT2D eigenvalue weighted by molar-refractivity contribution is 5.95. The van der Waals surface area contributed by atoms with E-state index >= 15 is 0 Å². The third kappa shape index (κ3) is 5.28. The molecular formula is C23H28ClFN2O2. The van der Waals surface area contributed by atoms with Crippen LogP contribution in [0.3, 0.4) is 0 Å². The second kappa shape index (κ2) is 9.59. The van der Waals surface area contributed by atoms with Crippen molar-refractivity contribution in [3.05, 3.63) is 53.8 Å². The molecule has 1 saturated heterocycles. The number of carbonyl (C=O) groups is 1. The zero-order valence-corrected chi connectivity index (χ0v) is 17.5. The van der Waals surface area contributed by atoms with Gasteiger partial charge in [-0.1, -0.05) is 18.2 Å². The van der Waals surface area contributed by atoms with Gasteiger partial charge in [0, 0.05) is 19.1 Å². The van der Waals surface area contributed by atoms with Crippen LogP contribution in [0.4, 0.5) is 4.39 Å². The highest BCUT2D eigenvalue weighted by Crippen LogP contribution is 2.28. The van der Waals surface area contributed by atoms with Gasteiger partial charge in [-0.15, -0.1) is 12.4 Å². The summed E-state index contributed by atoms with van der Waals surface area (Å²) in [5.74, 6) is 0.941. The van der Waals surface area contributed by atoms with E-state index in [2.05, 4.69) is 5.32 Å². The van der Waals surface area contributed by atoms with Crippen molar-refractivity contribution in [2.75, 3.05) is 26.7 Å². The van der Waals surface area contributed by atoms with Gasteiger partial charge in [-0.2, -0.15) is 0 Å². The molecule has 4 nitrogen and oxygen atoms in total. The summed E-state index contributed by atoms with van der Waals surface area (Å²) >= 11 is 0. The third-order valence-corrected chi connectivity index (χ3v) is 5.80. The highest BCUT2D eigenvalue weighted by atomic mass is 35.5. The first-order chi connectivity index (χ1) is 13.6. The van der Waals surface area contributed by atoms with Gasteiger partial charge >= 0.3 is 0 Å². The Bertz CT molecular complexity index is 831. The van der Waals surface area contributed by atoms with Crippen LogP contribution in [0.5, 0.6) is 5.75 Å². The number of hydrogen-bond donors (Lipinski definition) is 1. The van der Waals surface area contributed by atoms with Crippen LogP contribution >= 0.6 is 12.4 Å². The summed E-state index contributed by atoms with van der Waals surface area (Å²) in [6, 6.07) is 12.8. The van der Waals surface area contributed by atoms with Gasteiger partial charge in [0.15, 0.2) is 0 Å². The first kappa shape index (κ1) is 21.6. The Hall–Kier alpha value is -2.11. The number of benzene rings is 2. The van der Waals surface area contributed by atoms with Gasteiger partial charge in [0.2, 0.25) is 0 Å². The maximum Gasteiger partial charge on any atom is 0.256 e. The van der Waals surface area contributed by atoms with Crippen LogP contribution in [-0.2, 0) is 0 Å². The smallest absolute Gasteiger partial charge is 0.256 e. The van der Waals surface area contributed by atoms with E-state index in [9.17, 15) is 9.18 Å². The fourth-order valence-corrected chi connectivity index (χ4v) is 3.76. The number of methoxy groups -OCH3 is 1. The highest BCUT2D eigenvalue weighted by Gasteiger charge is 2.27. The van der Waals surface area contributed by atoms with Gasteiger partial charge < -0.3 is 15.0 Å². The standard InChI is InChI=1S/C23H27FN2O2.ClH/c1-28-20-7-4-17(5-8-20)18-6-9-21(22(24)14-18)23(27)26-12-10-19(11-13-26)25-15-16-2-3-16;/h4-9,14,16,19,25H,2-3,10-13,15H2,1H3;1H. The van der Waals surface area contributed by atoms with Gasteiger partial charge in [-0.05, 0) is 73.5 Å². The third-order valence-electron chi connectivity index (χ3n) is 5.80. The first-order valence-corrected chi connectivity index (χ1v) is 10.1. The Morgan fingerprint density at radius 3 is 2.31 bits per heavy atom. The van der Waals surface area contributed by atoms with Crippen LogP contribution in [0, 0.1) is 11.7 Å². The second-order valence-corrected chi connectivity index (χ2v) is 7.84. The molecule has 1 amide bonds. The largest absolute Gasteiger partial charge is 0.497 e. The quantitative estimate of drug-likeness (QED) is 0.749. The normalized spacial score (nSPS) is 17.0. The molecule has 29 heavy (non-hydrogen) atoms. The number of hydrogen-bond acceptors (Lipinski definition) is 3. The molecular weight excluding hydrogens is 391 g/mol. The molecule has 0 atom stereocenters. The van der Waals surface area contributed by atoms with Crippen molar-refractivity contribution in [1.82, 2.24) is 10.2 Å². The van der Waals surface area contributed by atoms with Crippen LogP contribution in [0.2, 0.25) is 0 Å². The van der Waals surface area contributed by atoms with Gasteiger partial charge in [0.1, 0.15) is 11.6 Å². The maximum absolute atomic E-state index is 14.7. The van der Waals surface area contributed by atoms with E-state index in [1.165, 1.54) is 18.9 Å². The number of rotatable bonds is 6. The molecule has 0 radical (unpaired) electrons. The van der Waals surface area contributed by atoms with E-state index in [1.54, 1.807) is 18.1 Å². The number of likely N-dealkylation sites (tertiary alicyclic amines) is 1. The molecule has 1 saturated carbocycles. The van der Waals surface area contributed by atoms with Crippen molar-refractivity contribution >= 4 is 18.3 Å². The average Bonchev–Trinajstić information content (AvgIpc) is 3.57. The summed E-state index contributed by atoms with van der Waals surface area (Å²) in [6.07, 6.45) is 4.56. The fourth-order valence-electron chi connectivity index (χ4n) is 3.76. The van der Waals surface area contributed by atoms with E-state index < -0.39 is 5.82 Å². The molecule has 2 aromatic carbocycles. The molecule has 2 fully saturated rings. The first-order valence-electron chi connectivity index (χ1n) is 10.1. The topological polar surface area (TPSA) is 41.6 Å². The molecule has 156 valence electrons. The lowest BCUT2D eigenvalue weighted by Gasteiger charge is -2.32. The van der Waals surface area contributed by atoms with Crippen molar-refractivity contribution in [3.8, 4) is 16.9 Å². The number of ether oxygens (including phenoxy) is 1. The summed E-state index contributed by atoms with van der Waals surface area (Å²) in [7, 11) is 1.61. The molecule has 6 heteroatoms. The van der Waals surface area contributed by atoms with Crippen LogP contribution in [-0.4, -0.2) is 43.6 Å². The zero-order valence-electron chi connectivity index (χ0n) is 16.7. The number of carbonyl (C=O) groups excluding carboxylic acids is 1. The van der Waals surface area contributed by atoms with Crippen LogP contribution in [0.25, 0.3) is 11.1 Å². The van der Waals surface area contributed by atoms with Gasteiger partial charge in [-0.25, -0.2) is 4.39 Å². The molecule has 1 aliphatic heterocycles. The summed E-state index contributed by atoms with van der Waals surface area (Å²) in [5.41, 5.74) is 1.79. The lowest BCUT2D eigenvalue weighted by atomic mass is 10.0. The average molecular weight is 419 g/mol. The van der Waals surface area contributed by atoms with Crippen molar-refractivity contribution < 1.29 is 13.9 Å². The van der Waals surface area contributed by atoms with Crippen LogP contribution in [0.1, 0.15) is 36.0 Å². The van der Waals surface area contributed by atoms with Gasteiger partial charge in [-0.3, -0.25) is 4.79 Å². The van der Waals surface area contributed by atoms with E-state index in [0.29, 0.717) is 19.1 Å². The van der Waals surface area contributed by atoms with E-state index in [0.717, 1.165) is 42.2 Å². The molecule has 2 aliphatic rings. The molecule has 1 aliphatic carbocycles. The van der Waals surface area contributed by atoms with Crippen molar-refractivity contribution in [2.45, 2.75) is 31.7 Å². The number of nitrogens with zero attached hydrogens (tertiary/aromatic N) is 1. The monoisotopic (exact) mass is 418 g/mol. The predicted octanol–water partition coefficient (Wildman–Crippen LogP) is 4.53. The molecule has 0 spiro atoms. The predicted molar refractivity (Wildman–Crippen MR) is 115 cm³/mol. The Kier molecular flexibility index (Phi) is 7.14. The molecule has 2 aromatic rings. The molecule has 0 unspecified atom stereocenters. The Balaban J connectivity index is 0.00000240. The minimum Gasteiger partial charge on any atom is -0.497 e. The van der Waals surface area contributed by atoms with E-state index in [1.807, 2.05) is 30.3 Å². The van der Waals surface area contributed by atoms with E-state index in [-0.39, 0.29) is 23.9 Å². The molecule has 0 aromatic heterocycles. The number of amides is 1. The van der Waals surface area contributed by atoms with Crippen LogP contribution in [0.15, 0.2) is 42.5 Å². The van der Waals surface area contributed by atoms with Gasteiger partial charge in [0.05, 0.1) is 12.7 Å². The Morgan fingerprint density at radius 1 is 1.07 bits per heavy atom. The summed E-state index contributed by atoms with van der Waals surface area (Å²) in [6.45, 7) is 2.46. The Labute approximate surface area is 177 Å². The minimum atomic E-state index is -0.465. The molecule has 0 bridgehead atoms. The summed E-state index contributed by atoms with van der Waals surface area (Å²) in [4.78, 5) is 14.6. The zero-order chi connectivity index (χ0) is 19.5. The maximum atomic E-state index is 14.7. The van der Waals surface area contributed by atoms with Crippen molar-refractivity contribution in [1.29, 1.82) is 0 Å². The summed E-state index contributed by atoms with van der Waals surface area (Å²) < 4.78 is 19.9. The van der Waals surface area contributed by atoms with E-state index in [4.69, 9.17) is 4.74 Å². The van der Waals surface area contributed by atoms with Gasteiger partial charge in [0.25, 0.3) is 5.91 Å². The van der Waals surface area contributed by atoms with Crippen LogP contribution < -0.4 is 10.1 Å². The number of halogens is 2.